The summed E-state index contributed by atoms with van der Waals surface area (Å²) >= 11 is 7.29. The van der Waals surface area contributed by atoms with Crippen LogP contribution in [0.25, 0.3) is 0 Å². The molecule has 0 saturated carbocycles. The Labute approximate surface area is 105 Å². The molecule has 1 aromatic rings. The molecular weight excluding hydrogens is 244 g/mol. The van der Waals surface area contributed by atoms with Gasteiger partial charge in [0.05, 0.1) is 5.75 Å². The minimum absolute atomic E-state index is 0.104. The molecular formula is C12H15ClO2S. The van der Waals surface area contributed by atoms with Gasteiger partial charge in [-0.15, -0.1) is 0 Å². The van der Waals surface area contributed by atoms with Crippen LogP contribution in [0.2, 0.25) is 5.02 Å². The van der Waals surface area contributed by atoms with Crippen LogP contribution < -0.4 is 0 Å². The Balaban J connectivity index is 2.38. The topological polar surface area (TPSA) is 37.3 Å². The van der Waals surface area contributed by atoms with Gasteiger partial charge in [0, 0.05) is 17.2 Å². The Morgan fingerprint density at radius 2 is 2.06 bits per heavy atom. The van der Waals surface area contributed by atoms with Crippen molar-refractivity contribution in [3.63, 3.8) is 0 Å². The minimum atomic E-state index is 0.104. The zero-order valence-corrected chi connectivity index (χ0v) is 10.7. The second-order valence-electron chi connectivity index (χ2n) is 3.73. The Morgan fingerprint density at radius 3 is 2.62 bits per heavy atom. The molecule has 0 amide bonds. The van der Waals surface area contributed by atoms with Crippen LogP contribution in [-0.4, -0.2) is 29.0 Å². The maximum absolute atomic E-state index is 11.7. The number of aliphatic hydroxyl groups is 1. The van der Waals surface area contributed by atoms with Crippen LogP contribution in [0.5, 0.6) is 0 Å². The van der Waals surface area contributed by atoms with Crippen LogP contribution in [0, 0.1) is 5.92 Å². The molecule has 0 fully saturated rings. The number of carbonyl (C=O) groups is 1. The highest BCUT2D eigenvalue weighted by Gasteiger charge is 2.07. The smallest absolute Gasteiger partial charge is 0.172 e. The zero-order chi connectivity index (χ0) is 12.0. The molecule has 0 radical (unpaired) electrons. The molecule has 0 aromatic heterocycles. The average molecular weight is 259 g/mol. The standard InChI is InChI=1S/C12H15ClO2S/c1-9(6-14)7-16-8-12(15)10-2-4-11(13)5-3-10/h2-5,9,14H,6-8H2,1H3. The van der Waals surface area contributed by atoms with E-state index in [1.165, 1.54) is 0 Å². The Bertz CT molecular complexity index is 337. The first-order valence-corrected chi connectivity index (χ1v) is 6.64. The number of aliphatic hydroxyl groups excluding tert-OH is 1. The summed E-state index contributed by atoms with van der Waals surface area (Å²) in [6, 6.07) is 6.91. The summed E-state index contributed by atoms with van der Waals surface area (Å²) in [7, 11) is 0. The first-order valence-electron chi connectivity index (χ1n) is 5.11. The lowest BCUT2D eigenvalue weighted by Crippen LogP contribution is -2.08. The van der Waals surface area contributed by atoms with Gasteiger partial charge >= 0.3 is 0 Å². The minimum Gasteiger partial charge on any atom is -0.396 e. The van der Waals surface area contributed by atoms with Crippen molar-refractivity contribution in [1.82, 2.24) is 0 Å². The molecule has 0 spiro atoms. The summed E-state index contributed by atoms with van der Waals surface area (Å²) < 4.78 is 0. The number of rotatable bonds is 6. The number of halogens is 1. The highest BCUT2D eigenvalue weighted by Crippen LogP contribution is 2.13. The fourth-order valence-electron chi connectivity index (χ4n) is 1.12. The number of ketones is 1. The van der Waals surface area contributed by atoms with Gasteiger partial charge in [0.2, 0.25) is 0 Å². The largest absolute Gasteiger partial charge is 0.396 e. The summed E-state index contributed by atoms with van der Waals surface area (Å²) in [5.41, 5.74) is 0.688. The molecule has 0 heterocycles. The predicted molar refractivity (Wildman–Crippen MR) is 69.4 cm³/mol. The first kappa shape index (κ1) is 13.6. The third-order valence-corrected chi connectivity index (χ3v) is 3.64. The first-order chi connectivity index (χ1) is 7.63. The fourth-order valence-corrected chi connectivity index (χ4v) is 2.23. The maximum Gasteiger partial charge on any atom is 0.172 e. The van der Waals surface area contributed by atoms with Gasteiger partial charge in [0.25, 0.3) is 0 Å². The predicted octanol–water partition coefficient (Wildman–Crippen LogP) is 2.88. The third-order valence-electron chi connectivity index (χ3n) is 2.11. The lowest BCUT2D eigenvalue weighted by atomic mass is 10.1. The van der Waals surface area contributed by atoms with Gasteiger partial charge in [-0.25, -0.2) is 0 Å². The van der Waals surface area contributed by atoms with Gasteiger partial charge in [0.15, 0.2) is 5.78 Å². The van der Waals surface area contributed by atoms with Gasteiger partial charge < -0.3 is 5.11 Å². The van der Waals surface area contributed by atoms with Gasteiger partial charge in [-0.05, 0) is 35.9 Å². The monoisotopic (exact) mass is 258 g/mol. The number of thioether (sulfide) groups is 1. The quantitative estimate of drug-likeness (QED) is 0.798. The van der Waals surface area contributed by atoms with E-state index in [-0.39, 0.29) is 18.3 Å². The summed E-state index contributed by atoms with van der Waals surface area (Å²) in [6.45, 7) is 2.13. The van der Waals surface area contributed by atoms with E-state index in [2.05, 4.69) is 0 Å². The second kappa shape index (κ2) is 6.94. The molecule has 0 saturated heterocycles. The van der Waals surface area contributed by atoms with Crippen LogP contribution >= 0.6 is 23.4 Å². The number of benzene rings is 1. The summed E-state index contributed by atoms with van der Waals surface area (Å²) in [5, 5.41) is 9.47. The molecule has 1 unspecified atom stereocenters. The van der Waals surface area contributed by atoms with E-state index >= 15 is 0 Å². The van der Waals surface area contributed by atoms with Crippen molar-refractivity contribution in [3.05, 3.63) is 34.9 Å². The van der Waals surface area contributed by atoms with E-state index < -0.39 is 0 Å². The SMILES string of the molecule is CC(CO)CSCC(=O)c1ccc(Cl)cc1. The van der Waals surface area contributed by atoms with Crippen LogP contribution in [0.15, 0.2) is 24.3 Å². The van der Waals surface area contributed by atoms with E-state index in [9.17, 15) is 4.79 Å². The Kier molecular flexibility index (Phi) is 5.88. The summed E-state index contributed by atoms with van der Waals surface area (Å²) in [6.07, 6.45) is 0. The summed E-state index contributed by atoms with van der Waals surface area (Å²) in [5.74, 6) is 1.59. The molecule has 4 heteroatoms. The van der Waals surface area contributed by atoms with Crippen LogP contribution in [0.4, 0.5) is 0 Å². The molecule has 1 aromatic carbocycles. The van der Waals surface area contributed by atoms with Gasteiger partial charge in [0.1, 0.15) is 0 Å². The molecule has 0 aliphatic rings. The highest BCUT2D eigenvalue weighted by molar-refractivity contribution is 7.99. The number of Topliss-reactive ketones (excluding diaryl/α,β-unsaturated/α-hetero) is 1. The van der Waals surface area contributed by atoms with Crippen LogP contribution in [0.1, 0.15) is 17.3 Å². The molecule has 1 N–H and O–H groups in total. The van der Waals surface area contributed by atoms with Crippen molar-refractivity contribution < 1.29 is 9.90 Å². The van der Waals surface area contributed by atoms with Gasteiger partial charge in [-0.3, -0.25) is 4.79 Å². The molecule has 88 valence electrons. The third kappa shape index (κ3) is 4.56. The van der Waals surface area contributed by atoms with Crippen LogP contribution in [-0.2, 0) is 0 Å². The van der Waals surface area contributed by atoms with E-state index in [0.717, 1.165) is 5.75 Å². The molecule has 2 nitrogen and oxygen atoms in total. The van der Waals surface area contributed by atoms with E-state index in [1.807, 2.05) is 6.92 Å². The maximum atomic E-state index is 11.7. The van der Waals surface area contributed by atoms with E-state index in [0.29, 0.717) is 16.3 Å². The van der Waals surface area contributed by atoms with Crippen molar-refractivity contribution in [3.8, 4) is 0 Å². The van der Waals surface area contributed by atoms with E-state index in [4.69, 9.17) is 16.7 Å². The fraction of sp³-hybridized carbons (Fsp3) is 0.417. The number of hydrogen-bond acceptors (Lipinski definition) is 3. The molecule has 1 rings (SSSR count). The highest BCUT2D eigenvalue weighted by atomic mass is 35.5. The molecule has 16 heavy (non-hydrogen) atoms. The molecule has 0 aliphatic carbocycles. The lowest BCUT2D eigenvalue weighted by Gasteiger charge is -2.06. The van der Waals surface area contributed by atoms with Gasteiger partial charge in [-0.1, -0.05) is 18.5 Å². The number of carbonyl (C=O) groups excluding carboxylic acids is 1. The Morgan fingerprint density at radius 1 is 1.44 bits per heavy atom. The molecule has 0 aliphatic heterocycles. The summed E-state index contributed by atoms with van der Waals surface area (Å²) in [4.78, 5) is 11.7. The second-order valence-corrected chi connectivity index (χ2v) is 5.20. The lowest BCUT2D eigenvalue weighted by molar-refractivity contribution is 0.102. The van der Waals surface area contributed by atoms with Crippen molar-refractivity contribution >= 4 is 29.1 Å². The van der Waals surface area contributed by atoms with Crippen molar-refractivity contribution in [2.24, 2.45) is 5.92 Å². The van der Waals surface area contributed by atoms with Gasteiger partial charge in [-0.2, -0.15) is 11.8 Å². The van der Waals surface area contributed by atoms with E-state index in [1.54, 1.807) is 36.0 Å². The average Bonchev–Trinajstić information content (AvgIpc) is 2.29. The van der Waals surface area contributed by atoms with Crippen molar-refractivity contribution in [1.29, 1.82) is 0 Å². The normalized spacial score (nSPS) is 12.4. The molecule has 1 atom stereocenters. The van der Waals surface area contributed by atoms with Crippen molar-refractivity contribution in [2.75, 3.05) is 18.1 Å². The Hall–Kier alpha value is -0.510. The molecule has 0 bridgehead atoms. The number of hydrogen-bond donors (Lipinski definition) is 1. The van der Waals surface area contributed by atoms with Crippen LogP contribution in [0.3, 0.4) is 0 Å². The zero-order valence-electron chi connectivity index (χ0n) is 9.15. The van der Waals surface area contributed by atoms with Crippen molar-refractivity contribution in [2.45, 2.75) is 6.92 Å².